The molecule has 0 fully saturated rings. The molecular weight excluding hydrogens is 402 g/mol. The van der Waals surface area contributed by atoms with Gasteiger partial charge in [0.15, 0.2) is 20.0 Å². The van der Waals surface area contributed by atoms with Gasteiger partial charge in [0.1, 0.15) is 0 Å². The Morgan fingerprint density at radius 2 is 1.28 bits per heavy atom. The summed E-state index contributed by atoms with van der Waals surface area (Å²) in [6, 6.07) is 0. The smallest absolute Gasteiger partial charge is 0.421 e. The molecule has 0 amide bonds. The maximum atomic E-state index is 11.4. The van der Waals surface area contributed by atoms with Crippen molar-refractivity contribution in [2.45, 2.75) is 37.2 Å². The number of rotatable bonds is 7. The second kappa shape index (κ2) is 9.19. The molecule has 0 aromatic rings. The highest BCUT2D eigenvalue weighted by atomic mass is 32.3. The molecule has 0 N–H and O–H groups in total. The summed E-state index contributed by atoms with van der Waals surface area (Å²) in [5, 5.41) is 0. The van der Waals surface area contributed by atoms with E-state index in [1.807, 2.05) is 6.20 Å². The monoisotopic (exact) mass is 422 g/mol. The molecule has 0 heterocycles. The summed E-state index contributed by atoms with van der Waals surface area (Å²) in [6.07, 6.45) is 5.96. The van der Waals surface area contributed by atoms with Crippen LogP contribution in [0, 0.1) is 0 Å². The summed E-state index contributed by atoms with van der Waals surface area (Å²) in [6.45, 7) is 7.23. The van der Waals surface area contributed by atoms with E-state index in [1.54, 1.807) is 0 Å². The van der Waals surface area contributed by atoms with E-state index >= 15 is 0 Å². The summed E-state index contributed by atoms with van der Waals surface area (Å²) >= 11 is 0. The summed E-state index contributed by atoms with van der Waals surface area (Å²) < 4.78 is 110. The third-order valence-electron chi connectivity index (χ3n) is 2.61. The lowest BCUT2D eigenvalue weighted by Gasteiger charge is -2.23. The van der Waals surface area contributed by atoms with Crippen LogP contribution in [0.4, 0.5) is 26.3 Å². The van der Waals surface area contributed by atoms with Gasteiger partial charge in [-0.05, 0) is 19.4 Å². The van der Waals surface area contributed by atoms with Crippen LogP contribution in [0.3, 0.4) is 0 Å². The maximum Gasteiger partial charge on any atom is 0.480 e. The van der Waals surface area contributed by atoms with Crippen molar-refractivity contribution in [2.75, 3.05) is 20.6 Å². The van der Waals surface area contributed by atoms with Gasteiger partial charge < -0.3 is 8.61 Å². The van der Waals surface area contributed by atoms with E-state index in [-0.39, 0.29) is 0 Å². The first-order valence-corrected chi connectivity index (χ1v) is 9.54. The van der Waals surface area contributed by atoms with Crippen LogP contribution < -0.4 is 0 Å². The molecule has 0 rings (SSSR count). The van der Waals surface area contributed by atoms with Crippen molar-refractivity contribution in [1.82, 2.24) is 0 Å². The van der Waals surface area contributed by atoms with E-state index < -0.39 is 31.1 Å². The Morgan fingerprint density at radius 3 is 1.52 bits per heavy atom. The van der Waals surface area contributed by atoms with Crippen molar-refractivity contribution in [2.24, 2.45) is 0 Å². The van der Waals surface area contributed by atoms with Crippen LogP contribution in [-0.2, 0) is 20.0 Å². The molecule has 0 saturated heterocycles. The van der Waals surface area contributed by atoms with Gasteiger partial charge in [-0.3, -0.25) is 0 Å². The van der Waals surface area contributed by atoms with Gasteiger partial charge in [0.25, 0.3) is 0 Å². The molecule has 0 saturated carbocycles. The first kappa shape index (κ1) is 26.4. The average molecular weight is 422 g/mol. The minimum Gasteiger partial charge on any atom is -0.421 e. The lowest BCUT2D eigenvalue weighted by Crippen LogP contribution is -2.33. The number of nitrogens with zero attached hydrogens (tertiary/aromatic N) is 2. The van der Waals surface area contributed by atoms with E-state index in [2.05, 4.69) is 27.6 Å². The highest BCUT2D eigenvalue weighted by molar-refractivity contribution is 8.13. The van der Waals surface area contributed by atoms with Crippen LogP contribution in [0.2, 0.25) is 0 Å². The minimum absolute atomic E-state index is 0.778. The number of unbranched alkanes of at least 4 members (excludes halogenated alkanes) is 2. The van der Waals surface area contributed by atoms with Crippen LogP contribution in [0.1, 0.15) is 26.2 Å². The number of alkyl halides is 6. The van der Waals surface area contributed by atoms with Crippen LogP contribution in [0.25, 0.3) is 4.13 Å². The molecule has 0 aliphatic carbocycles. The SMILES string of the molecule is C=C[N+](C)(C)CCCCC.O=S(=O)([N-]S(=O)(=O)C(F)(F)F)C(F)(F)F. The molecule has 0 aliphatic rings. The molecule has 0 radical (unpaired) electrons. The zero-order valence-electron chi connectivity index (χ0n) is 13.7. The third-order valence-corrected chi connectivity index (χ3v) is 5.35. The molecule has 0 aliphatic heterocycles. The Hall–Kier alpha value is -0.860. The molecule has 0 aromatic heterocycles. The summed E-state index contributed by atoms with van der Waals surface area (Å²) in [5.41, 5.74) is -12.4. The van der Waals surface area contributed by atoms with Gasteiger partial charge in [-0.15, -0.1) is 0 Å². The molecule has 152 valence electrons. The van der Waals surface area contributed by atoms with Crippen molar-refractivity contribution in [3.63, 3.8) is 0 Å². The Kier molecular flexibility index (Phi) is 9.69. The molecule has 0 unspecified atom stereocenters. The van der Waals surface area contributed by atoms with Crippen molar-refractivity contribution < 1.29 is 47.7 Å². The Bertz CT molecular complexity index is 582. The van der Waals surface area contributed by atoms with E-state index in [1.165, 1.54) is 25.8 Å². The normalized spacial score (nSPS) is 13.8. The largest absolute Gasteiger partial charge is 0.480 e. The van der Waals surface area contributed by atoms with Gasteiger partial charge in [-0.25, -0.2) is 16.8 Å². The van der Waals surface area contributed by atoms with Gasteiger partial charge in [-0.2, -0.15) is 26.3 Å². The lowest BCUT2D eigenvalue weighted by molar-refractivity contribution is -0.838. The number of halogens is 6. The highest BCUT2D eigenvalue weighted by Crippen LogP contribution is 2.36. The van der Waals surface area contributed by atoms with E-state index in [9.17, 15) is 43.2 Å². The van der Waals surface area contributed by atoms with Gasteiger partial charge in [0.2, 0.25) is 0 Å². The Balaban J connectivity index is 0. The second-order valence-electron chi connectivity index (χ2n) is 5.31. The fraction of sp³-hybridized carbons (Fsp3) is 0.818. The van der Waals surface area contributed by atoms with Gasteiger partial charge >= 0.3 is 11.0 Å². The third kappa shape index (κ3) is 10.0. The van der Waals surface area contributed by atoms with Gasteiger partial charge in [0, 0.05) is 0 Å². The van der Waals surface area contributed by atoms with Gasteiger partial charge in [-0.1, -0.05) is 13.3 Å². The second-order valence-corrected chi connectivity index (χ2v) is 8.73. The van der Waals surface area contributed by atoms with Crippen LogP contribution in [0.15, 0.2) is 12.8 Å². The average Bonchev–Trinajstić information content (AvgIpc) is 2.35. The Labute approximate surface area is 143 Å². The summed E-state index contributed by atoms with van der Waals surface area (Å²) in [7, 11) is -9.08. The molecular formula is C11H20F6N2O4S2. The minimum atomic E-state index is -6.72. The first-order valence-electron chi connectivity index (χ1n) is 6.66. The number of sulfonamides is 2. The zero-order valence-corrected chi connectivity index (χ0v) is 15.4. The molecule has 25 heavy (non-hydrogen) atoms. The first-order chi connectivity index (χ1) is 10.8. The van der Waals surface area contributed by atoms with Gasteiger partial charge in [0.05, 0.1) is 26.8 Å². The number of quaternary nitrogens is 1. The van der Waals surface area contributed by atoms with Crippen LogP contribution in [0.5, 0.6) is 0 Å². The predicted octanol–water partition coefficient (Wildman–Crippen LogP) is 3.46. The summed E-state index contributed by atoms with van der Waals surface area (Å²) in [4.78, 5) is 0. The molecule has 14 heteroatoms. The topological polar surface area (TPSA) is 82.4 Å². The fourth-order valence-corrected chi connectivity index (χ4v) is 2.78. The standard InChI is InChI=1S/C9H20N.C2F6NO4S2/c1-5-7-8-9-10(3,4)6-2;3-1(4,5)14(10,11)9-15(12,13)2(6,7)8/h6H,2,5,7-9H2,1,3-4H3;/q+1;-1. The lowest BCUT2D eigenvalue weighted by atomic mass is 10.2. The molecule has 6 nitrogen and oxygen atoms in total. The Morgan fingerprint density at radius 1 is 0.920 bits per heavy atom. The van der Waals surface area contributed by atoms with Crippen LogP contribution in [-0.4, -0.2) is 53.0 Å². The fourth-order valence-electron chi connectivity index (χ4n) is 1.07. The molecule has 0 aromatic carbocycles. The van der Waals surface area contributed by atoms with Crippen molar-refractivity contribution in [1.29, 1.82) is 0 Å². The molecule has 0 bridgehead atoms. The van der Waals surface area contributed by atoms with Crippen LogP contribution >= 0.6 is 0 Å². The van der Waals surface area contributed by atoms with Crippen molar-refractivity contribution >= 4 is 20.0 Å². The quantitative estimate of drug-likeness (QED) is 0.357. The number of hydrogen-bond acceptors (Lipinski definition) is 4. The predicted molar refractivity (Wildman–Crippen MR) is 80.0 cm³/mol. The van der Waals surface area contributed by atoms with Crippen molar-refractivity contribution in [3.8, 4) is 0 Å². The molecule has 0 atom stereocenters. The van der Waals surface area contributed by atoms with E-state index in [4.69, 9.17) is 0 Å². The summed E-state index contributed by atoms with van der Waals surface area (Å²) in [5.74, 6) is 0. The maximum absolute atomic E-state index is 11.4. The zero-order chi connectivity index (χ0) is 20.7. The van der Waals surface area contributed by atoms with Crippen molar-refractivity contribution in [3.05, 3.63) is 16.9 Å². The number of hydrogen-bond donors (Lipinski definition) is 0. The highest BCUT2D eigenvalue weighted by Gasteiger charge is 2.46. The van der Waals surface area contributed by atoms with E-state index in [0.29, 0.717) is 0 Å². The van der Waals surface area contributed by atoms with E-state index in [0.717, 1.165) is 8.61 Å². The molecule has 0 spiro atoms.